The first-order valence-electron chi connectivity index (χ1n) is 6.95. The quantitative estimate of drug-likeness (QED) is 0.667. The third-order valence-electron chi connectivity index (χ3n) is 3.92. The number of rotatable bonds is 3. The van der Waals surface area contributed by atoms with Gasteiger partial charge in [-0.3, -0.25) is 11.3 Å². The van der Waals surface area contributed by atoms with E-state index in [1.807, 2.05) is 11.8 Å². The van der Waals surface area contributed by atoms with Crippen molar-refractivity contribution in [1.29, 1.82) is 0 Å². The highest BCUT2D eigenvalue weighted by molar-refractivity contribution is 7.99. The largest absolute Gasteiger partial charge is 0.271 e. The van der Waals surface area contributed by atoms with Gasteiger partial charge in [-0.1, -0.05) is 47.5 Å². The first-order valence-corrected chi connectivity index (χ1v) is 7.93. The van der Waals surface area contributed by atoms with E-state index in [2.05, 4.69) is 61.7 Å². The van der Waals surface area contributed by atoms with E-state index in [9.17, 15) is 0 Å². The molecule has 0 aromatic heterocycles. The highest BCUT2D eigenvalue weighted by Crippen LogP contribution is 2.45. The molecule has 2 unspecified atom stereocenters. The van der Waals surface area contributed by atoms with Crippen LogP contribution in [0.15, 0.2) is 47.4 Å². The molecule has 0 saturated carbocycles. The molecular weight excluding hydrogens is 264 g/mol. The molecule has 3 heteroatoms. The van der Waals surface area contributed by atoms with E-state index in [0.717, 1.165) is 5.75 Å². The zero-order chi connectivity index (χ0) is 14.1. The zero-order valence-corrected chi connectivity index (χ0v) is 12.7. The number of hydrogen-bond donors (Lipinski definition) is 2. The van der Waals surface area contributed by atoms with Crippen LogP contribution in [-0.2, 0) is 0 Å². The fraction of sp³-hybridized carbons (Fsp3) is 0.294. The van der Waals surface area contributed by atoms with Crippen molar-refractivity contribution < 1.29 is 0 Å². The van der Waals surface area contributed by atoms with Crippen LogP contribution in [0.2, 0.25) is 0 Å². The summed E-state index contributed by atoms with van der Waals surface area (Å²) in [6.07, 6.45) is 0. The maximum Gasteiger partial charge on any atom is 0.0537 e. The molecule has 2 atom stereocenters. The summed E-state index contributed by atoms with van der Waals surface area (Å²) in [4.78, 5) is 1.39. The monoisotopic (exact) mass is 284 g/mol. The van der Waals surface area contributed by atoms with Crippen LogP contribution in [0.1, 0.15) is 34.2 Å². The summed E-state index contributed by atoms with van der Waals surface area (Å²) < 4.78 is 0. The Kier molecular flexibility index (Phi) is 3.83. The van der Waals surface area contributed by atoms with Crippen molar-refractivity contribution in [1.82, 2.24) is 5.43 Å². The molecule has 0 spiro atoms. The van der Waals surface area contributed by atoms with Gasteiger partial charge in [0.2, 0.25) is 0 Å². The van der Waals surface area contributed by atoms with E-state index in [1.54, 1.807) is 0 Å². The Labute approximate surface area is 124 Å². The van der Waals surface area contributed by atoms with Crippen molar-refractivity contribution in [2.75, 3.05) is 5.75 Å². The lowest BCUT2D eigenvalue weighted by Crippen LogP contribution is -2.32. The SMILES string of the molecule is Cc1cc(C)cc(C(NN)C2CSc3ccccc32)c1. The number of fused-ring (bicyclic) bond motifs is 1. The van der Waals surface area contributed by atoms with Crippen molar-refractivity contribution in [3.8, 4) is 0 Å². The van der Waals surface area contributed by atoms with Gasteiger partial charge >= 0.3 is 0 Å². The third-order valence-corrected chi connectivity index (χ3v) is 5.13. The number of hydrazine groups is 1. The van der Waals surface area contributed by atoms with E-state index >= 15 is 0 Å². The molecule has 20 heavy (non-hydrogen) atoms. The molecule has 0 radical (unpaired) electrons. The predicted molar refractivity (Wildman–Crippen MR) is 85.9 cm³/mol. The fourth-order valence-corrected chi connectivity index (χ4v) is 4.39. The Bertz CT molecular complexity index is 604. The minimum atomic E-state index is 0.171. The highest BCUT2D eigenvalue weighted by Gasteiger charge is 2.30. The van der Waals surface area contributed by atoms with Gasteiger partial charge in [0.1, 0.15) is 0 Å². The summed E-state index contributed by atoms with van der Waals surface area (Å²) >= 11 is 1.93. The van der Waals surface area contributed by atoms with Crippen LogP contribution in [0.5, 0.6) is 0 Å². The summed E-state index contributed by atoms with van der Waals surface area (Å²) in [5, 5.41) is 0. The lowest BCUT2D eigenvalue weighted by Gasteiger charge is -2.24. The van der Waals surface area contributed by atoms with E-state index in [-0.39, 0.29) is 6.04 Å². The van der Waals surface area contributed by atoms with Crippen LogP contribution in [0.4, 0.5) is 0 Å². The van der Waals surface area contributed by atoms with Crippen molar-refractivity contribution in [3.63, 3.8) is 0 Å². The van der Waals surface area contributed by atoms with Gasteiger partial charge in [0.05, 0.1) is 6.04 Å². The second kappa shape index (κ2) is 5.60. The third kappa shape index (κ3) is 2.49. The normalized spacial score (nSPS) is 18.9. The van der Waals surface area contributed by atoms with Crippen LogP contribution in [0.25, 0.3) is 0 Å². The predicted octanol–water partition coefficient (Wildman–Crippen LogP) is 3.70. The van der Waals surface area contributed by atoms with Gasteiger partial charge in [0.25, 0.3) is 0 Å². The molecule has 0 bridgehead atoms. The van der Waals surface area contributed by atoms with Gasteiger partial charge in [-0.15, -0.1) is 11.8 Å². The van der Waals surface area contributed by atoms with Gasteiger partial charge < -0.3 is 0 Å². The average molecular weight is 284 g/mol. The Morgan fingerprint density at radius 1 is 1.15 bits per heavy atom. The van der Waals surface area contributed by atoms with Crippen LogP contribution < -0.4 is 11.3 Å². The first-order chi connectivity index (χ1) is 9.69. The zero-order valence-electron chi connectivity index (χ0n) is 11.9. The Hall–Kier alpha value is -1.29. The van der Waals surface area contributed by atoms with E-state index in [1.165, 1.54) is 27.1 Å². The number of hydrogen-bond acceptors (Lipinski definition) is 3. The van der Waals surface area contributed by atoms with Gasteiger partial charge in [0.15, 0.2) is 0 Å². The Morgan fingerprint density at radius 2 is 1.85 bits per heavy atom. The number of nitrogens with one attached hydrogen (secondary N) is 1. The van der Waals surface area contributed by atoms with E-state index in [0.29, 0.717) is 5.92 Å². The Morgan fingerprint density at radius 3 is 2.55 bits per heavy atom. The molecule has 1 heterocycles. The number of thioether (sulfide) groups is 1. The van der Waals surface area contributed by atoms with Crippen molar-refractivity contribution in [2.24, 2.45) is 5.84 Å². The lowest BCUT2D eigenvalue weighted by atomic mass is 9.88. The molecule has 0 amide bonds. The van der Waals surface area contributed by atoms with Gasteiger partial charge in [0, 0.05) is 16.6 Å². The molecular formula is C17H20N2S. The second-order valence-corrected chi connectivity index (χ2v) is 6.58. The maximum atomic E-state index is 5.88. The number of aryl methyl sites for hydroxylation is 2. The first kappa shape index (κ1) is 13.7. The molecule has 2 aromatic carbocycles. The molecule has 1 aliphatic heterocycles. The smallest absolute Gasteiger partial charge is 0.0537 e. The van der Waals surface area contributed by atoms with Crippen LogP contribution >= 0.6 is 11.8 Å². The van der Waals surface area contributed by atoms with Crippen LogP contribution in [0.3, 0.4) is 0 Å². The van der Waals surface area contributed by atoms with Crippen molar-refractivity contribution in [3.05, 3.63) is 64.7 Å². The molecule has 104 valence electrons. The number of benzene rings is 2. The van der Waals surface area contributed by atoms with E-state index in [4.69, 9.17) is 5.84 Å². The molecule has 0 aliphatic carbocycles. The lowest BCUT2D eigenvalue weighted by molar-refractivity contribution is 0.485. The van der Waals surface area contributed by atoms with Crippen LogP contribution in [-0.4, -0.2) is 5.75 Å². The van der Waals surface area contributed by atoms with Crippen molar-refractivity contribution >= 4 is 11.8 Å². The standard InChI is InChI=1S/C17H20N2S/c1-11-7-12(2)9-13(8-11)17(19-18)15-10-20-16-6-4-3-5-14(15)16/h3-9,15,17,19H,10,18H2,1-2H3. The molecule has 2 nitrogen and oxygen atoms in total. The Balaban J connectivity index is 1.99. The molecule has 3 rings (SSSR count). The fourth-order valence-electron chi connectivity index (χ4n) is 3.10. The summed E-state index contributed by atoms with van der Waals surface area (Å²) in [6.45, 7) is 4.28. The number of nitrogens with two attached hydrogens (primary N) is 1. The summed E-state index contributed by atoms with van der Waals surface area (Å²) in [7, 11) is 0. The molecule has 2 aromatic rings. The van der Waals surface area contributed by atoms with Gasteiger partial charge in [-0.05, 0) is 31.0 Å². The summed E-state index contributed by atoms with van der Waals surface area (Å²) in [5.74, 6) is 7.40. The van der Waals surface area contributed by atoms with Crippen LogP contribution in [0, 0.1) is 13.8 Å². The second-order valence-electron chi connectivity index (χ2n) is 5.52. The average Bonchev–Trinajstić information content (AvgIpc) is 2.83. The minimum absolute atomic E-state index is 0.171. The molecule has 0 saturated heterocycles. The summed E-state index contributed by atoms with van der Waals surface area (Å²) in [6, 6.07) is 15.5. The topological polar surface area (TPSA) is 38.0 Å². The molecule has 3 N–H and O–H groups in total. The van der Waals surface area contributed by atoms with Gasteiger partial charge in [-0.2, -0.15) is 0 Å². The van der Waals surface area contributed by atoms with Gasteiger partial charge in [-0.25, -0.2) is 0 Å². The summed E-state index contributed by atoms with van der Waals surface area (Å²) in [5.41, 5.74) is 8.32. The molecule has 1 aliphatic rings. The maximum absolute atomic E-state index is 5.88. The molecule has 0 fully saturated rings. The highest BCUT2D eigenvalue weighted by atomic mass is 32.2. The minimum Gasteiger partial charge on any atom is -0.271 e. The van der Waals surface area contributed by atoms with Crippen molar-refractivity contribution in [2.45, 2.75) is 30.7 Å². The van der Waals surface area contributed by atoms with E-state index < -0.39 is 0 Å².